The fourth-order valence-corrected chi connectivity index (χ4v) is 0.937. The van der Waals surface area contributed by atoms with Crippen LogP contribution in [-0.4, -0.2) is 11.1 Å². The maximum atomic E-state index is 10.2. The van der Waals surface area contributed by atoms with Gasteiger partial charge in [0.2, 0.25) is 0 Å². The van der Waals surface area contributed by atoms with Crippen molar-refractivity contribution < 1.29 is 9.90 Å². The van der Waals surface area contributed by atoms with Crippen LogP contribution < -0.4 is 0 Å². The minimum absolute atomic E-state index is 0.834. The van der Waals surface area contributed by atoms with E-state index in [2.05, 4.69) is 6.92 Å². The van der Waals surface area contributed by atoms with Crippen LogP contribution in [0.1, 0.15) is 39.5 Å². The topological polar surface area (TPSA) is 37.3 Å². The summed E-state index contributed by atoms with van der Waals surface area (Å²) in [5.41, 5.74) is 0.964. The Morgan fingerprint density at radius 3 is 2.55 bits per heavy atom. The molecule has 0 aromatic rings. The molecule has 2 nitrogen and oxygen atoms in total. The lowest BCUT2D eigenvalue weighted by atomic mass is 10.1. The Labute approximate surface area is 67.9 Å². The predicted octanol–water partition coefficient (Wildman–Crippen LogP) is 2.60. The van der Waals surface area contributed by atoms with Gasteiger partial charge in [-0.2, -0.15) is 0 Å². The third-order valence-corrected chi connectivity index (χ3v) is 1.54. The molecular weight excluding hydrogens is 140 g/mol. The summed E-state index contributed by atoms with van der Waals surface area (Å²) in [5, 5.41) is 8.36. The van der Waals surface area contributed by atoms with E-state index in [4.69, 9.17) is 5.11 Å². The fraction of sp³-hybridized carbons (Fsp3) is 0.667. The molecule has 0 heterocycles. The van der Waals surface area contributed by atoms with Crippen LogP contribution in [0.15, 0.2) is 11.6 Å². The Morgan fingerprint density at radius 2 is 2.09 bits per heavy atom. The number of unbranched alkanes of at least 4 members (excludes halogenated alkanes) is 2. The Morgan fingerprint density at radius 1 is 1.45 bits per heavy atom. The summed E-state index contributed by atoms with van der Waals surface area (Å²) in [7, 11) is 0. The number of hydrogen-bond donors (Lipinski definition) is 1. The molecule has 0 saturated carbocycles. The summed E-state index contributed by atoms with van der Waals surface area (Å²) in [6, 6.07) is 0. The van der Waals surface area contributed by atoms with Crippen molar-refractivity contribution in [3.05, 3.63) is 11.6 Å². The van der Waals surface area contributed by atoms with Gasteiger partial charge in [0, 0.05) is 6.08 Å². The van der Waals surface area contributed by atoms with Crippen LogP contribution in [0.25, 0.3) is 0 Å². The van der Waals surface area contributed by atoms with Crippen molar-refractivity contribution in [2.24, 2.45) is 0 Å². The highest BCUT2D eigenvalue weighted by Crippen LogP contribution is 2.07. The summed E-state index contributed by atoms with van der Waals surface area (Å²) < 4.78 is 0. The Kier molecular flexibility index (Phi) is 5.53. The quantitative estimate of drug-likeness (QED) is 0.490. The molecule has 64 valence electrons. The molecule has 0 aliphatic rings. The molecule has 1 N–H and O–H groups in total. The number of aliphatic carboxylic acids is 1. The molecule has 0 spiro atoms. The highest BCUT2D eigenvalue weighted by atomic mass is 16.4. The van der Waals surface area contributed by atoms with E-state index in [1.165, 1.54) is 18.9 Å². The van der Waals surface area contributed by atoms with Crippen molar-refractivity contribution in [3.8, 4) is 0 Å². The van der Waals surface area contributed by atoms with Gasteiger partial charge < -0.3 is 5.11 Å². The Balaban J connectivity index is 3.51. The van der Waals surface area contributed by atoms with Gasteiger partial charge in [-0.15, -0.1) is 0 Å². The molecule has 11 heavy (non-hydrogen) atoms. The first-order valence-corrected chi connectivity index (χ1v) is 4.07. The second kappa shape index (κ2) is 5.96. The SMILES string of the molecule is CCCCC/C(C)=C\C(=O)O. The molecule has 0 amide bonds. The van der Waals surface area contributed by atoms with Crippen LogP contribution in [0.3, 0.4) is 0 Å². The van der Waals surface area contributed by atoms with E-state index in [0.29, 0.717) is 0 Å². The number of carbonyl (C=O) groups is 1. The van der Waals surface area contributed by atoms with Crippen molar-refractivity contribution in [3.63, 3.8) is 0 Å². The van der Waals surface area contributed by atoms with Crippen LogP contribution in [0.4, 0.5) is 0 Å². The van der Waals surface area contributed by atoms with Crippen LogP contribution in [0.2, 0.25) is 0 Å². The standard InChI is InChI=1S/C9H16O2/c1-3-4-5-6-8(2)7-9(10)11/h7H,3-6H2,1-2H3,(H,10,11)/b8-7-. The van der Waals surface area contributed by atoms with Gasteiger partial charge in [-0.05, 0) is 19.8 Å². The van der Waals surface area contributed by atoms with Crippen LogP contribution in [0.5, 0.6) is 0 Å². The molecule has 0 bridgehead atoms. The molecule has 2 heteroatoms. The van der Waals surface area contributed by atoms with Gasteiger partial charge in [0.15, 0.2) is 0 Å². The van der Waals surface area contributed by atoms with E-state index < -0.39 is 5.97 Å². The zero-order chi connectivity index (χ0) is 8.69. The van der Waals surface area contributed by atoms with Crippen molar-refractivity contribution >= 4 is 5.97 Å². The molecule has 0 aliphatic heterocycles. The lowest BCUT2D eigenvalue weighted by Crippen LogP contribution is -1.89. The first kappa shape index (κ1) is 10.2. The summed E-state index contributed by atoms with van der Waals surface area (Å²) >= 11 is 0. The van der Waals surface area contributed by atoms with Gasteiger partial charge in [-0.25, -0.2) is 4.79 Å². The van der Waals surface area contributed by atoms with Crippen molar-refractivity contribution in [1.82, 2.24) is 0 Å². The number of carboxylic acid groups (broad SMARTS) is 1. The molecule has 0 aromatic heterocycles. The lowest BCUT2D eigenvalue weighted by Gasteiger charge is -1.97. The minimum atomic E-state index is -0.834. The largest absolute Gasteiger partial charge is 0.478 e. The van der Waals surface area contributed by atoms with Crippen molar-refractivity contribution in [2.45, 2.75) is 39.5 Å². The zero-order valence-corrected chi connectivity index (χ0v) is 7.26. The van der Waals surface area contributed by atoms with Crippen LogP contribution in [-0.2, 0) is 4.79 Å². The van der Waals surface area contributed by atoms with Gasteiger partial charge >= 0.3 is 5.97 Å². The lowest BCUT2D eigenvalue weighted by molar-refractivity contribution is -0.131. The maximum Gasteiger partial charge on any atom is 0.328 e. The summed E-state index contributed by atoms with van der Waals surface area (Å²) in [4.78, 5) is 10.2. The smallest absolute Gasteiger partial charge is 0.328 e. The molecule has 0 aromatic carbocycles. The highest BCUT2D eigenvalue weighted by Gasteiger charge is 1.93. The molecule has 0 radical (unpaired) electrons. The van der Waals surface area contributed by atoms with E-state index in [1.807, 2.05) is 6.92 Å². The van der Waals surface area contributed by atoms with Gasteiger partial charge in [-0.3, -0.25) is 0 Å². The van der Waals surface area contributed by atoms with Crippen molar-refractivity contribution in [2.75, 3.05) is 0 Å². The van der Waals surface area contributed by atoms with Gasteiger partial charge in [0.25, 0.3) is 0 Å². The summed E-state index contributed by atoms with van der Waals surface area (Å²) in [6.45, 7) is 4.00. The molecule has 0 fully saturated rings. The van der Waals surface area contributed by atoms with Crippen molar-refractivity contribution in [1.29, 1.82) is 0 Å². The number of hydrogen-bond acceptors (Lipinski definition) is 1. The van der Waals surface area contributed by atoms with Gasteiger partial charge in [0.1, 0.15) is 0 Å². The average molecular weight is 156 g/mol. The average Bonchev–Trinajstić information content (AvgIpc) is 1.86. The van der Waals surface area contributed by atoms with E-state index in [-0.39, 0.29) is 0 Å². The number of allylic oxidation sites excluding steroid dienone is 1. The van der Waals surface area contributed by atoms with Gasteiger partial charge in [-0.1, -0.05) is 25.3 Å². The number of carboxylic acids is 1. The molecule has 0 saturated heterocycles. The summed E-state index contributed by atoms with van der Waals surface area (Å²) in [6.07, 6.45) is 5.67. The minimum Gasteiger partial charge on any atom is -0.478 e. The third kappa shape index (κ3) is 7.10. The molecular formula is C9H16O2. The predicted molar refractivity (Wildman–Crippen MR) is 45.5 cm³/mol. The Hall–Kier alpha value is -0.790. The van der Waals surface area contributed by atoms with Gasteiger partial charge in [0.05, 0.1) is 0 Å². The molecule has 0 rings (SSSR count). The van der Waals surface area contributed by atoms with E-state index in [0.717, 1.165) is 18.4 Å². The monoisotopic (exact) mass is 156 g/mol. The molecule has 0 atom stereocenters. The van der Waals surface area contributed by atoms with E-state index >= 15 is 0 Å². The molecule has 0 aliphatic carbocycles. The Bertz CT molecular complexity index is 148. The fourth-order valence-electron chi connectivity index (χ4n) is 0.937. The summed E-state index contributed by atoms with van der Waals surface area (Å²) in [5.74, 6) is -0.834. The van der Waals surface area contributed by atoms with Crippen LogP contribution in [0, 0.1) is 0 Å². The van der Waals surface area contributed by atoms with E-state index in [1.54, 1.807) is 0 Å². The van der Waals surface area contributed by atoms with Crippen LogP contribution >= 0.6 is 0 Å². The number of rotatable bonds is 5. The second-order valence-corrected chi connectivity index (χ2v) is 2.79. The van der Waals surface area contributed by atoms with E-state index in [9.17, 15) is 4.79 Å². The normalized spacial score (nSPS) is 11.6. The highest BCUT2D eigenvalue weighted by molar-refractivity contribution is 5.80. The third-order valence-electron chi connectivity index (χ3n) is 1.54. The molecule has 0 unspecified atom stereocenters. The maximum absolute atomic E-state index is 10.2. The zero-order valence-electron chi connectivity index (χ0n) is 7.26. The second-order valence-electron chi connectivity index (χ2n) is 2.79. The first-order chi connectivity index (χ1) is 5.16. The first-order valence-electron chi connectivity index (χ1n) is 4.07.